The van der Waals surface area contributed by atoms with E-state index in [9.17, 15) is 0 Å². The van der Waals surface area contributed by atoms with Gasteiger partial charge in [0.1, 0.15) is 5.75 Å². The van der Waals surface area contributed by atoms with E-state index in [-0.39, 0.29) is 0 Å². The lowest BCUT2D eigenvalue weighted by atomic mass is 10.1. The SMILES string of the molecule is COc1cc(Cc2sc(N)nc2C)ccc1Cl. The molecule has 1 heterocycles. The maximum Gasteiger partial charge on any atom is 0.180 e. The minimum Gasteiger partial charge on any atom is -0.495 e. The highest BCUT2D eigenvalue weighted by Crippen LogP contribution is 2.28. The number of rotatable bonds is 3. The minimum absolute atomic E-state index is 0.610. The third kappa shape index (κ3) is 2.70. The van der Waals surface area contributed by atoms with Crippen molar-refractivity contribution in [3.05, 3.63) is 39.4 Å². The van der Waals surface area contributed by atoms with Gasteiger partial charge in [-0.15, -0.1) is 11.3 Å². The summed E-state index contributed by atoms with van der Waals surface area (Å²) in [7, 11) is 1.61. The first-order chi connectivity index (χ1) is 8.10. The number of anilines is 1. The number of nitrogen functional groups attached to an aromatic ring is 1. The number of hydrogen-bond donors (Lipinski definition) is 1. The molecular formula is C12H13ClN2OS. The van der Waals surface area contributed by atoms with Gasteiger partial charge in [-0.3, -0.25) is 0 Å². The molecule has 0 fully saturated rings. The van der Waals surface area contributed by atoms with Crippen LogP contribution in [0.5, 0.6) is 5.75 Å². The van der Waals surface area contributed by atoms with Crippen LogP contribution in [-0.4, -0.2) is 12.1 Å². The Balaban J connectivity index is 2.27. The summed E-state index contributed by atoms with van der Waals surface area (Å²) in [6.07, 6.45) is 0.800. The second kappa shape index (κ2) is 4.94. The van der Waals surface area contributed by atoms with Gasteiger partial charge in [0.2, 0.25) is 0 Å². The molecular weight excluding hydrogens is 256 g/mol. The lowest BCUT2D eigenvalue weighted by Gasteiger charge is -2.05. The van der Waals surface area contributed by atoms with Crippen LogP contribution in [0.2, 0.25) is 5.02 Å². The molecule has 2 aromatic rings. The molecule has 1 aromatic carbocycles. The van der Waals surface area contributed by atoms with Crippen molar-refractivity contribution in [1.29, 1.82) is 0 Å². The zero-order valence-corrected chi connectivity index (χ0v) is 11.2. The molecule has 2 N–H and O–H groups in total. The molecule has 1 aromatic heterocycles. The first-order valence-electron chi connectivity index (χ1n) is 5.14. The number of halogens is 1. The van der Waals surface area contributed by atoms with Crippen molar-refractivity contribution in [3.63, 3.8) is 0 Å². The molecule has 0 saturated heterocycles. The van der Waals surface area contributed by atoms with Gasteiger partial charge in [-0.25, -0.2) is 4.98 Å². The number of nitrogens with zero attached hydrogens (tertiary/aromatic N) is 1. The Morgan fingerprint density at radius 3 is 2.82 bits per heavy atom. The number of methoxy groups -OCH3 is 1. The zero-order chi connectivity index (χ0) is 12.4. The van der Waals surface area contributed by atoms with Gasteiger partial charge in [0.15, 0.2) is 5.13 Å². The van der Waals surface area contributed by atoms with Crippen LogP contribution in [0.25, 0.3) is 0 Å². The van der Waals surface area contributed by atoms with Crippen LogP contribution >= 0.6 is 22.9 Å². The lowest BCUT2D eigenvalue weighted by Crippen LogP contribution is -1.90. The van der Waals surface area contributed by atoms with Gasteiger partial charge in [0.25, 0.3) is 0 Å². The topological polar surface area (TPSA) is 48.1 Å². The molecule has 2 rings (SSSR count). The van der Waals surface area contributed by atoms with Gasteiger partial charge in [0, 0.05) is 11.3 Å². The summed E-state index contributed by atoms with van der Waals surface area (Å²) in [5, 5.41) is 1.23. The summed E-state index contributed by atoms with van der Waals surface area (Å²) < 4.78 is 5.19. The quantitative estimate of drug-likeness (QED) is 0.929. The molecule has 3 nitrogen and oxygen atoms in total. The van der Waals surface area contributed by atoms with Crippen LogP contribution in [0.4, 0.5) is 5.13 Å². The Kier molecular flexibility index (Phi) is 3.54. The van der Waals surface area contributed by atoms with Crippen LogP contribution in [-0.2, 0) is 6.42 Å². The molecule has 90 valence electrons. The molecule has 0 amide bonds. The summed E-state index contributed by atoms with van der Waals surface area (Å²) >= 11 is 7.50. The van der Waals surface area contributed by atoms with E-state index in [1.807, 2.05) is 25.1 Å². The number of thiazole rings is 1. The third-order valence-corrected chi connectivity index (χ3v) is 3.79. The van der Waals surface area contributed by atoms with Gasteiger partial charge < -0.3 is 10.5 Å². The van der Waals surface area contributed by atoms with Crippen LogP contribution in [0.3, 0.4) is 0 Å². The van der Waals surface area contributed by atoms with E-state index >= 15 is 0 Å². The molecule has 5 heteroatoms. The van der Waals surface area contributed by atoms with Gasteiger partial charge in [-0.1, -0.05) is 17.7 Å². The molecule has 0 bridgehead atoms. The fourth-order valence-corrected chi connectivity index (χ4v) is 2.68. The van der Waals surface area contributed by atoms with Gasteiger partial charge in [-0.2, -0.15) is 0 Å². The van der Waals surface area contributed by atoms with Crippen LogP contribution < -0.4 is 10.5 Å². The fraction of sp³-hybridized carbons (Fsp3) is 0.250. The van der Waals surface area contributed by atoms with Crippen molar-refractivity contribution in [1.82, 2.24) is 4.98 Å². The Bertz CT molecular complexity index is 539. The van der Waals surface area contributed by atoms with E-state index in [4.69, 9.17) is 22.1 Å². The number of aryl methyl sites for hydroxylation is 1. The Morgan fingerprint density at radius 2 is 2.24 bits per heavy atom. The number of aromatic nitrogens is 1. The first-order valence-corrected chi connectivity index (χ1v) is 6.34. The molecule has 17 heavy (non-hydrogen) atoms. The van der Waals surface area contributed by atoms with E-state index < -0.39 is 0 Å². The van der Waals surface area contributed by atoms with Gasteiger partial charge >= 0.3 is 0 Å². The van der Waals surface area contributed by atoms with E-state index in [0.29, 0.717) is 15.9 Å². The largest absolute Gasteiger partial charge is 0.495 e. The van der Waals surface area contributed by atoms with Crippen LogP contribution in [0, 0.1) is 6.92 Å². The molecule has 0 unspecified atom stereocenters. The van der Waals surface area contributed by atoms with Crippen molar-refractivity contribution in [3.8, 4) is 5.75 Å². The molecule has 0 spiro atoms. The molecule has 0 saturated carbocycles. The summed E-state index contributed by atoms with van der Waals surface area (Å²) in [6.45, 7) is 1.97. The average molecular weight is 269 g/mol. The molecule has 0 aliphatic carbocycles. The van der Waals surface area contributed by atoms with Crippen molar-refractivity contribution in [2.24, 2.45) is 0 Å². The standard InChI is InChI=1S/C12H13ClN2OS/c1-7-11(17-12(14)15-7)6-8-3-4-9(13)10(5-8)16-2/h3-5H,6H2,1-2H3,(H2,14,15). The number of ether oxygens (including phenoxy) is 1. The summed E-state index contributed by atoms with van der Waals surface area (Å²) in [4.78, 5) is 5.38. The predicted molar refractivity (Wildman–Crippen MR) is 72.1 cm³/mol. The van der Waals surface area contributed by atoms with E-state index in [2.05, 4.69) is 4.98 Å². The highest BCUT2D eigenvalue weighted by molar-refractivity contribution is 7.15. The Morgan fingerprint density at radius 1 is 1.47 bits per heavy atom. The van der Waals surface area contributed by atoms with Crippen molar-refractivity contribution < 1.29 is 4.74 Å². The maximum absolute atomic E-state index is 5.98. The second-order valence-corrected chi connectivity index (χ2v) is 5.23. The highest BCUT2D eigenvalue weighted by atomic mass is 35.5. The van der Waals surface area contributed by atoms with Crippen molar-refractivity contribution in [2.75, 3.05) is 12.8 Å². The van der Waals surface area contributed by atoms with Gasteiger partial charge in [0.05, 0.1) is 17.8 Å². The van der Waals surface area contributed by atoms with Crippen molar-refractivity contribution >= 4 is 28.1 Å². The normalized spacial score (nSPS) is 10.5. The van der Waals surface area contributed by atoms with E-state index in [1.54, 1.807) is 7.11 Å². The summed E-state index contributed by atoms with van der Waals surface area (Å²) in [5.74, 6) is 0.694. The maximum atomic E-state index is 5.98. The summed E-state index contributed by atoms with van der Waals surface area (Å²) in [6, 6.07) is 5.77. The van der Waals surface area contributed by atoms with Gasteiger partial charge in [-0.05, 0) is 24.6 Å². The number of benzene rings is 1. The van der Waals surface area contributed by atoms with Crippen LogP contribution in [0.1, 0.15) is 16.1 Å². The number of nitrogens with two attached hydrogens (primary N) is 1. The van der Waals surface area contributed by atoms with Crippen molar-refractivity contribution in [2.45, 2.75) is 13.3 Å². The zero-order valence-electron chi connectivity index (χ0n) is 9.66. The summed E-state index contributed by atoms with van der Waals surface area (Å²) in [5.41, 5.74) is 7.80. The molecule has 0 aliphatic heterocycles. The lowest BCUT2D eigenvalue weighted by molar-refractivity contribution is 0.414. The minimum atomic E-state index is 0.610. The monoisotopic (exact) mass is 268 g/mol. The van der Waals surface area contributed by atoms with E-state index in [1.165, 1.54) is 16.2 Å². The smallest absolute Gasteiger partial charge is 0.180 e. The highest BCUT2D eigenvalue weighted by Gasteiger charge is 2.08. The Labute approximate surface area is 109 Å². The first kappa shape index (κ1) is 12.2. The fourth-order valence-electron chi connectivity index (χ4n) is 1.61. The number of hydrogen-bond acceptors (Lipinski definition) is 4. The second-order valence-electron chi connectivity index (χ2n) is 3.71. The molecule has 0 radical (unpaired) electrons. The third-order valence-electron chi connectivity index (χ3n) is 2.49. The van der Waals surface area contributed by atoms with E-state index in [0.717, 1.165) is 17.7 Å². The molecule has 0 atom stereocenters. The Hall–Kier alpha value is -1.26. The van der Waals surface area contributed by atoms with Crippen LogP contribution in [0.15, 0.2) is 18.2 Å². The predicted octanol–water partition coefficient (Wildman–Crippen LogP) is 3.29. The average Bonchev–Trinajstić information content (AvgIpc) is 2.60. The molecule has 0 aliphatic rings.